The minimum absolute atomic E-state index is 0. The van der Waals surface area contributed by atoms with Crippen molar-refractivity contribution in [2.24, 2.45) is 11.8 Å². The van der Waals surface area contributed by atoms with E-state index in [0.717, 1.165) is 77.4 Å². The zero-order valence-corrected chi connectivity index (χ0v) is 40.7. The lowest BCUT2D eigenvalue weighted by Crippen LogP contribution is -2.36. The number of ether oxygens (including phenoxy) is 1. The van der Waals surface area contributed by atoms with E-state index in [1.54, 1.807) is 6.07 Å². The fraction of sp³-hybridized carbons (Fsp3) is 0.413. The number of methoxy groups -OCH3 is 1. The van der Waals surface area contributed by atoms with Crippen molar-refractivity contribution in [1.82, 2.24) is 9.80 Å². The zero-order chi connectivity index (χ0) is 43.4. The average Bonchev–Trinajstić information content (AvgIpc) is 3.65. The standard InChI is InChI=1S/C21H26N2O3S.C14H18BrNO.C10H10Br2O2.CH4.H2/c1-13(2)15(4)23-12-18-10-17(9-14(3)20(18)21(23)24)16-7-6-8-19(11-16)22-27(5,25)26;1-8(2)10(4)16-7-11-6-12(15)5-9(3)13(11)14(16)17;1-6-3-8(12)4-7(5-11)9(6)10(13)14-2;;/h6-11,13,15,22H,12H2,1-5H3;5-6,8,10H,7H2,1-4H3;3-4H,5H2,1-2H3;1H4;1H/i;;;;1+1. The molecule has 0 radical (unpaired) electrons. The first-order valence-corrected chi connectivity index (χ1v) is 23.7. The van der Waals surface area contributed by atoms with Crippen LogP contribution in [0.1, 0.15) is 115 Å². The fourth-order valence-electron chi connectivity index (χ4n) is 7.16. The van der Waals surface area contributed by atoms with Crippen molar-refractivity contribution in [3.63, 3.8) is 0 Å². The summed E-state index contributed by atoms with van der Waals surface area (Å²) in [5.74, 6) is 0.872. The average molecular weight is 1020 g/mol. The number of carbonyl (C=O) groups excluding carboxylic acids is 3. The molecule has 4 aromatic carbocycles. The van der Waals surface area contributed by atoms with Gasteiger partial charge in [-0.1, -0.05) is 101 Å². The van der Waals surface area contributed by atoms with Gasteiger partial charge in [0.2, 0.25) is 10.0 Å². The van der Waals surface area contributed by atoms with E-state index in [1.807, 2.05) is 79.1 Å². The molecule has 2 atom stereocenters. The quantitative estimate of drug-likeness (QED) is 0.132. The summed E-state index contributed by atoms with van der Waals surface area (Å²) in [5.41, 5.74) is 10.8. The van der Waals surface area contributed by atoms with Gasteiger partial charge in [0.25, 0.3) is 11.8 Å². The second-order valence-electron chi connectivity index (χ2n) is 15.8. The normalized spacial score (nSPS) is 14.1. The van der Waals surface area contributed by atoms with Crippen molar-refractivity contribution < 1.29 is 29.0 Å². The van der Waals surface area contributed by atoms with Gasteiger partial charge in [-0.05, 0) is 133 Å². The van der Waals surface area contributed by atoms with Crippen molar-refractivity contribution >= 4 is 81.3 Å². The fourth-order valence-corrected chi connectivity index (χ4v) is 9.40. The third-order valence-electron chi connectivity index (χ3n) is 10.8. The van der Waals surface area contributed by atoms with Crippen LogP contribution in [0, 0.1) is 32.6 Å². The van der Waals surface area contributed by atoms with Gasteiger partial charge in [0.05, 0.1) is 18.9 Å². The van der Waals surface area contributed by atoms with Gasteiger partial charge in [0.1, 0.15) is 0 Å². The van der Waals surface area contributed by atoms with E-state index >= 15 is 0 Å². The molecule has 2 unspecified atom stereocenters. The van der Waals surface area contributed by atoms with E-state index in [2.05, 4.69) is 100 Å². The topological polar surface area (TPSA) is 113 Å². The number of hydrogen-bond acceptors (Lipinski definition) is 6. The Labute approximate surface area is 378 Å². The number of nitrogens with zero attached hydrogens (tertiary/aromatic N) is 2. The Morgan fingerprint density at radius 3 is 1.75 bits per heavy atom. The highest BCUT2D eigenvalue weighted by molar-refractivity contribution is 9.10. The minimum atomic E-state index is -3.33. The highest BCUT2D eigenvalue weighted by Crippen LogP contribution is 2.35. The SMILES string of the molecule is C.COC(=O)c1c(C)cc(Br)cc1CBr.Cc1cc(-c2cccc(NS(C)(=O)=O)c2)cc2c1C(=O)N(C(C)C(C)C)C2.Cc1cc(Br)cc2c1C(=O)N(C(C)C(C)C)C2.[2HH]. The number of carbonyl (C=O) groups is 3. The van der Waals surface area contributed by atoms with Crippen LogP contribution in [0.15, 0.2) is 69.6 Å². The Kier molecular flexibility index (Phi) is 17.6. The number of halogens is 3. The van der Waals surface area contributed by atoms with E-state index in [-0.39, 0.29) is 38.7 Å². The zero-order valence-electron chi connectivity index (χ0n) is 35.1. The number of sulfonamides is 1. The molecule has 6 rings (SSSR count). The molecule has 4 aromatic rings. The maximum atomic E-state index is 12.9. The van der Waals surface area contributed by atoms with E-state index in [4.69, 9.17) is 4.74 Å². The molecule has 2 amide bonds. The minimum Gasteiger partial charge on any atom is -0.465 e. The van der Waals surface area contributed by atoms with Crippen molar-refractivity contribution in [3.8, 4) is 11.1 Å². The molecule has 0 saturated carbocycles. The summed E-state index contributed by atoms with van der Waals surface area (Å²) in [4.78, 5) is 40.6. The van der Waals surface area contributed by atoms with Crippen LogP contribution in [-0.2, 0) is 33.2 Å². The van der Waals surface area contributed by atoms with Crippen LogP contribution in [0.25, 0.3) is 11.1 Å². The van der Waals surface area contributed by atoms with Gasteiger partial charge in [-0.3, -0.25) is 14.3 Å². The van der Waals surface area contributed by atoms with Gasteiger partial charge in [-0.2, -0.15) is 0 Å². The smallest absolute Gasteiger partial charge is 0.338 e. The van der Waals surface area contributed by atoms with Crippen LogP contribution < -0.4 is 4.72 Å². The molecule has 0 aromatic heterocycles. The molecule has 0 fully saturated rings. The summed E-state index contributed by atoms with van der Waals surface area (Å²) in [6.07, 6.45) is 1.13. The van der Waals surface area contributed by atoms with Crippen LogP contribution in [0.3, 0.4) is 0 Å². The number of benzene rings is 4. The second-order valence-corrected chi connectivity index (χ2v) is 19.9. The third-order valence-corrected chi connectivity index (χ3v) is 12.9. The number of amides is 2. The molecule has 1 N–H and O–H groups in total. The molecule has 0 aliphatic carbocycles. The van der Waals surface area contributed by atoms with Gasteiger partial charge in [-0.25, -0.2) is 13.2 Å². The number of esters is 1. The van der Waals surface area contributed by atoms with Crippen LogP contribution in [-0.4, -0.2) is 61.5 Å². The summed E-state index contributed by atoms with van der Waals surface area (Å²) in [5, 5.41) is 0.637. The molecule has 13 heteroatoms. The van der Waals surface area contributed by atoms with E-state index in [9.17, 15) is 22.8 Å². The molecular formula is C46H60Br3N3O6S. The van der Waals surface area contributed by atoms with E-state index in [1.165, 1.54) is 7.11 Å². The molecule has 59 heavy (non-hydrogen) atoms. The number of hydrogen-bond donors (Lipinski definition) is 1. The van der Waals surface area contributed by atoms with Gasteiger partial charge in [-0.15, -0.1) is 0 Å². The lowest BCUT2D eigenvalue weighted by Gasteiger charge is -2.27. The number of fused-ring (bicyclic) bond motifs is 2. The summed E-state index contributed by atoms with van der Waals surface area (Å²) in [6, 6.07) is 19.7. The Morgan fingerprint density at radius 1 is 0.763 bits per heavy atom. The largest absolute Gasteiger partial charge is 0.465 e. The van der Waals surface area contributed by atoms with Gasteiger partial charge >= 0.3 is 5.97 Å². The number of rotatable bonds is 9. The number of alkyl halides is 1. The molecule has 0 bridgehead atoms. The first kappa shape index (κ1) is 49.8. The van der Waals surface area contributed by atoms with Crippen molar-refractivity contribution in [1.29, 1.82) is 0 Å². The number of aryl methyl sites for hydroxylation is 3. The van der Waals surface area contributed by atoms with Crippen molar-refractivity contribution in [3.05, 3.63) is 120 Å². The molecule has 322 valence electrons. The van der Waals surface area contributed by atoms with E-state index < -0.39 is 10.0 Å². The van der Waals surface area contributed by atoms with Crippen molar-refractivity contribution in [2.45, 2.75) is 100 Å². The molecule has 2 heterocycles. The predicted octanol–water partition coefficient (Wildman–Crippen LogP) is 12.1. The molecule has 2 aliphatic heterocycles. The predicted molar refractivity (Wildman–Crippen MR) is 254 cm³/mol. The number of anilines is 1. The Balaban J connectivity index is 0.000000326. The molecular weight excluding hydrogens is 962 g/mol. The highest BCUT2D eigenvalue weighted by Gasteiger charge is 2.34. The summed E-state index contributed by atoms with van der Waals surface area (Å²) >= 11 is 10.2. The Bertz CT molecular complexity index is 2320. The van der Waals surface area contributed by atoms with Gasteiger partial charge in [0, 0.05) is 57.7 Å². The lowest BCUT2D eigenvalue weighted by atomic mass is 9.96. The van der Waals surface area contributed by atoms with Gasteiger partial charge in [0.15, 0.2) is 0 Å². The Morgan fingerprint density at radius 2 is 1.25 bits per heavy atom. The van der Waals surface area contributed by atoms with Crippen LogP contribution in [0.5, 0.6) is 0 Å². The van der Waals surface area contributed by atoms with Crippen LogP contribution >= 0.6 is 47.8 Å². The maximum Gasteiger partial charge on any atom is 0.338 e. The number of nitrogens with one attached hydrogen (secondary N) is 1. The summed E-state index contributed by atoms with van der Waals surface area (Å²) in [6.45, 7) is 20.0. The summed E-state index contributed by atoms with van der Waals surface area (Å²) in [7, 11) is -1.94. The third kappa shape index (κ3) is 12.1. The maximum absolute atomic E-state index is 12.9. The van der Waals surface area contributed by atoms with Crippen molar-refractivity contribution in [2.75, 3.05) is 18.1 Å². The van der Waals surface area contributed by atoms with Crippen LogP contribution in [0.4, 0.5) is 5.69 Å². The first-order chi connectivity index (χ1) is 27.1. The second kappa shape index (κ2) is 20.8. The lowest BCUT2D eigenvalue weighted by molar-refractivity contribution is 0.0597. The molecule has 2 aliphatic rings. The molecule has 0 spiro atoms. The van der Waals surface area contributed by atoms with E-state index in [0.29, 0.717) is 35.0 Å². The first-order valence-electron chi connectivity index (χ1n) is 19.1. The summed E-state index contributed by atoms with van der Waals surface area (Å²) < 4.78 is 32.2. The highest BCUT2D eigenvalue weighted by atomic mass is 79.9. The Hall–Kier alpha value is -3.52. The molecule has 9 nitrogen and oxygen atoms in total. The monoisotopic (exact) mass is 1020 g/mol. The van der Waals surface area contributed by atoms with Crippen LogP contribution in [0.2, 0.25) is 0 Å². The molecule has 0 saturated heterocycles. The van der Waals surface area contributed by atoms with Gasteiger partial charge < -0.3 is 14.5 Å².